The summed E-state index contributed by atoms with van der Waals surface area (Å²) in [6.07, 6.45) is 7.02. The van der Waals surface area contributed by atoms with Crippen LogP contribution >= 0.6 is 11.3 Å². The summed E-state index contributed by atoms with van der Waals surface area (Å²) in [5.41, 5.74) is 1.87. The van der Waals surface area contributed by atoms with Gasteiger partial charge in [-0.05, 0) is 24.5 Å². The molecule has 3 nitrogen and oxygen atoms in total. The van der Waals surface area contributed by atoms with E-state index in [4.69, 9.17) is 0 Å². The van der Waals surface area contributed by atoms with Gasteiger partial charge in [-0.15, -0.1) is 11.3 Å². The number of rotatable bonds is 2. The molecule has 3 rings (SSSR count). The second-order valence-corrected chi connectivity index (χ2v) is 5.36. The van der Waals surface area contributed by atoms with E-state index in [0.717, 1.165) is 35.5 Å². The zero-order valence-electron chi connectivity index (χ0n) is 9.35. The number of carbonyl (C=O) groups is 1. The molecule has 17 heavy (non-hydrogen) atoms. The standard InChI is InChI=1S/C13H12N2OS/c16-10-4-1-5-11-13(10)15-12(17-11)7-9-3-2-6-14-8-9/h2-3,6,8H,1,4-5,7H2. The summed E-state index contributed by atoms with van der Waals surface area (Å²) in [4.78, 5) is 21.4. The van der Waals surface area contributed by atoms with E-state index in [2.05, 4.69) is 9.97 Å². The van der Waals surface area contributed by atoms with Crippen molar-refractivity contribution in [2.45, 2.75) is 25.7 Å². The molecule has 2 aromatic heterocycles. The number of nitrogens with zero attached hydrogens (tertiary/aromatic N) is 2. The number of hydrogen-bond acceptors (Lipinski definition) is 4. The minimum absolute atomic E-state index is 0.208. The Morgan fingerprint density at radius 3 is 3.06 bits per heavy atom. The fourth-order valence-electron chi connectivity index (χ4n) is 2.07. The number of Topliss-reactive ketones (excluding diaryl/α,β-unsaturated/α-hetero) is 1. The highest BCUT2D eigenvalue weighted by atomic mass is 32.1. The van der Waals surface area contributed by atoms with E-state index in [1.165, 1.54) is 4.88 Å². The van der Waals surface area contributed by atoms with Gasteiger partial charge in [-0.1, -0.05) is 6.07 Å². The van der Waals surface area contributed by atoms with Crippen molar-refractivity contribution < 1.29 is 4.79 Å². The van der Waals surface area contributed by atoms with Crippen molar-refractivity contribution in [2.75, 3.05) is 0 Å². The van der Waals surface area contributed by atoms with Gasteiger partial charge in [0.15, 0.2) is 5.78 Å². The number of aryl methyl sites for hydroxylation is 1. The first-order chi connectivity index (χ1) is 8.33. The maximum absolute atomic E-state index is 11.7. The van der Waals surface area contributed by atoms with Crippen LogP contribution in [0.25, 0.3) is 0 Å². The minimum Gasteiger partial charge on any atom is -0.292 e. The third-order valence-corrected chi connectivity index (χ3v) is 4.01. The maximum Gasteiger partial charge on any atom is 0.182 e. The summed E-state index contributed by atoms with van der Waals surface area (Å²) in [5.74, 6) is 0.208. The Kier molecular flexibility index (Phi) is 2.73. The Labute approximate surface area is 104 Å². The molecule has 4 heteroatoms. The molecule has 0 radical (unpaired) electrons. The Balaban J connectivity index is 1.88. The van der Waals surface area contributed by atoms with Crippen molar-refractivity contribution in [3.05, 3.63) is 45.7 Å². The van der Waals surface area contributed by atoms with Crippen LogP contribution < -0.4 is 0 Å². The first-order valence-electron chi connectivity index (χ1n) is 5.73. The maximum atomic E-state index is 11.7. The molecule has 0 amide bonds. The molecule has 0 N–H and O–H groups in total. The van der Waals surface area contributed by atoms with Gasteiger partial charge in [-0.3, -0.25) is 9.78 Å². The fourth-order valence-corrected chi connectivity index (χ4v) is 3.23. The molecule has 0 atom stereocenters. The molecule has 0 aliphatic heterocycles. The molecular formula is C13H12N2OS. The van der Waals surface area contributed by atoms with Crippen molar-refractivity contribution in [3.8, 4) is 0 Å². The molecule has 2 aromatic rings. The fraction of sp³-hybridized carbons (Fsp3) is 0.308. The number of fused-ring (bicyclic) bond motifs is 1. The Morgan fingerprint density at radius 1 is 1.35 bits per heavy atom. The number of hydrogen-bond donors (Lipinski definition) is 0. The Bertz CT molecular complexity index is 548. The molecular weight excluding hydrogens is 232 g/mol. The highest BCUT2D eigenvalue weighted by Crippen LogP contribution is 2.27. The average Bonchev–Trinajstić information content (AvgIpc) is 2.74. The molecule has 0 bridgehead atoms. The van der Waals surface area contributed by atoms with E-state index in [1.807, 2.05) is 18.3 Å². The summed E-state index contributed by atoms with van der Waals surface area (Å²) in [5, 5.41) is 1.03. The van der Waals surface area contributed by atoms with Crippen LogP contribution in [-0.2, 0) is 12.8 Å². The minimum atomic E-state index is 0.208. The van der Waals surface area contributed by atoms with E-state index >= 15 is 0 Å². The first kappa shape index (κ1) is 10.6. The lowest BCUT2D eigenvalue weighted by atomic mass is 10.0. The smallest absolute Gasteiger partial charge is 0.182 e. The van der Waals surface area contributed by atoms with E-state index in [9.17, 15) is 4.79 Å². The van der Waals surface area contributed by atoms with Gasteiger partial charge in [0.2, 0.25) is 0 Å². The number of aromatic nitrogens is 2. The molecule has 0 spiro atoms. The van der Waals surface area contributed by atoms with Crippen molar-refractivity contribution in [3.63, 3.8) is 0 Å². The highest BCUT2D eigenvalue weighted by molar-refractivity contribution is 7.12. The molecule has 0 unspecified atom stereocenters. The van der Waals surface area contributed by atoms with Gasteiger partial charge in [-0.2, -0.15) is 0 Å². The largest absolute Gasteiger partial charge is 0.292 e. The molecule has 2 heterocycles. The normalized spacial score (nSPS) is 14.7. The number of thiazole rings is 1. The Morgan fingerprint density at radius 2 is 2.29 bits per heavy atom. The van der Waals surface area contributed by atoms with E-state index < -0.39 is 0 Å². The van der Waals surface area contributed by atoms with Crippen LogP contribution in [-0.4, -0.2) is 15.8 Å². The van der Waals surface area contributed by atoms with Crippen LogP contribution in [0.15, 0.2) is 24.5 Å². The van der Waals surface area contributed by atoms with Gasteiger partial charge < -0.3 is 0 Å². The zero-order valence-corrected chi connectivity index (χ0v) is 10.2. The van der Waals surface area contributed by atoms with Crippen LogP contribution in [0, 0.1) is 0 Å². The quantitative estimate of drug-likeness (QED) is 0.815. The summed E-state index contributed by atoms with van der Waals surface area (Å²) < 4.78 is 0. The average molecular weight is 244 g/mol. The molecule has 0 saturated heterocycles. The topological polar surface area (TPSA) is 42.9 Å². The van der Waals surface area contributed by atoms with Gasteiger partial charge in [0.1, 0.15) is 5.69 Å². The molecule has 0 saturated carbocycles. The van der Waals surface area contributed by atoms with Gasteiger partial charge in [-0.25, -0.2) is 4.98 Å². The third kappa shape index (κ3) is 2.13. The van der Waals surface area contributed by atoms with Gasteiger partial charge >= 0.3 is 0 Å². The summed E-state index contributed by atoms with van der Waals surface area (Å²) in [6, 6.07) is 3.96. The SMILES string of the molecule is O=C1CCCc2sc(Cc3cccnc3)nc21. The number of ketones is 1. The zero-order chi connectivity index (χ0) is 11.7. The van der Waals surface area contributed by atoms with Gasteiger partial charge in [0.05, 0.1) is 5.01 Å². The van der Waals surface area contributed by atoms with Crippen molar-refractivity contribution in [1.82, 2.24) is 9.97 Å². The van der Waals surface area contributed by atoms with Crippen LogP contribution in [0.2, 0.25) is 0 Å². The second-order valence-electron chi connectivity index (χ2n) is 4.19. The summed E-state index contributed by atoms with van der Waals surface area (Å²) in [7, 11) is 0. The van der Waals surface area contributed by atoms with Crippen molar-refractivity contribution in [1.29, 1.82) is 0 Å². The van der Waals surface area contributed by atoms with Crippen LogP contribution in [0.3, 0.4) is 0 Å². The Hall–Kier alpha value is -1.55. The van der Waals surface area contributed by atoms with Crippen LogP contribution in [0.5, 0.6) is 0 Å². The predicted molar refractivity (Wildman–Crippen MR) is 66.4 cm³/mol. The molecule has 0 fully saturated rings. The molecule has 0 aromatic carbocycles. The lowest BCUT2D eigenvalue weighted by Gasteiger charge is -2.06. The van der Waals surface area contributed by atoms with E-state index in [0.29, 0.717) is 6.42 Å². The van der Waals surface area contributed by atoms with Crippen LogP contribution in [0.4, 0.5) is 0 Å². The first-order valence-corrected chi connectivity index (χ1v) is 6.55. The summed E-state index contributed by atoms with van der Waals surface area (Å²) in [6.45, 7) is 0. The predicted octanol–water partition coefficient (Wildman–Crippen LogP) is 2.65. The third-order valence-electron chi connectivity index (χ3n) is 2.89. The summed E-state index contributed by atoms with van der Waals surface area (Å²) >= 11 is 1.67. The van der Waals surface area contributed by atoms with Crippen molar-refractivity contribution in [2.24, 2.45) is 0 Å². The lowest BCUT2D eigenvalue weighted by Crippen LogP contribution is -2.08. The molecule has 1 aliphatic carbocycles. The van der Waals surface area contributed by atoms with E-state index in [1.54, 1.807) is 17.5 Å². The van der Waals surface area contributed by atoms with E-state index in [-0.39, 0.29) is 5.78 Å². The van der Waals surface area contributed by atoms with Crippen molar-refractivity contribution >= 4 is 17.1 Å². The second kappa shape index (κ2) is 4.37. The number of pyridine rings is 1. The number of carbonyl (C=O) groups excluding carboxylic acids is 1. The van der Waals surface area contributed by atoms with Gasteiger partial charge in [0.25, 0.3) is 0 Å². The molecule has 1 aliphatic rings. The monoisotopic (exact) mass is 244 g/mol. The lowest BCUT2D eigenvalue weighted by molar-refractivity contribution is 0.0968. The highest BCUT2D eigenvalue weighted by Gasteiger charge is 2.21. The molecule has 86 valence electrons. The van der Waals surface area contributed by atoms with Gasteiger partial charge in [0, 0.05) is 30.1 Å². The van der Waals surface area contributed by atoms with Crippen LogP contribution in [0.1, 0.15) is 38.8 Å².